The van der Waals surface area contributed by atoms with Gasteiger partial charge in [0.1, 0.15) is 5.69 Å². The summed E-state index contributed by atoms with van der Waals surface area (Å²) in [5.74, 6) is 0.837. The molecule has 9 nitrogen and oxygen atoms in total. The quantitative estimate of drug-likeness (QED) is 0.554. The van der Waals surface area contributed by atoms with Gasteiger partial charge < -0.3 is 25.6 Å². The van der Waals surface area contributed by atoms with Crippen molar-refractivity contribution in [3.8, 4) is 0 Å². The molecule has 1 amide bonds. The molecule has 3 aromatic rings. The summed E-state index contributed by atoms with van der Waals surface area (Å²) in [6, 6.07) is 14.0. The number of amides is 1. The minimum absolute atomic E-state index is 0.0976. The van der Waals surface area contributed by atoms with Gasteiger partial charge in [0.25, 0.3) is 0 Å². The lowest BCUT2D eigenvalue weighted by Gasteiger charge is -2.38. The van der Waals surface area contributed by atoms with Crippen LogP contribution in [0.3, 0.4) is 0 Å². The summed E-state index contributed by atoms with van der Waals surface area (Å²) in [5, 5.41) is 2.98. The van der Waals surface area contributed by atoms with E-state index in [0.29, 0.717) is 13.2 Å². The maximum absolute atomic E-state index is 12.6. The molecule has 9 heteroatoms. The van der Waals surface area contributed by atoms with Gasteiger partial charge in [-0.25, -0.2) is 9.98 Å². The van der Waals surface area contributed by atoms with Crippen molar-refractivity contribution in [3.05, 3.63) is 71.7 Å². The molecule has 2 saturated heterocycles. The average molecular weight is 484 g/mol. The monoisotopic (exact) mass is 483 g/mol. The molecular weight excluding hydrogens is 454 g/mol. The Morgan fingerprint density at radius 2 is 1.81 bits per heavy atom. The van der Waals surface area contributed by atoms with Gasteiger partial charge in [-0.2, -0.15) is 0 Å². The van der Waals surface area contributed by atoms with Gasteiger partial charge >= 0.3 is 0 Å². The van der Waals surface area contributed by atoms with Gasteiger partial charge in [0.2, 0.25) is 5.91 Å². The molecule has 2 aromatic heterocycles. The summed E-state index contributed by atoms with van der Waals surface area (Å²) in [5.41, 5.74) is 12.6. The number of rotatable bonds is 6. The molecular formula is C27H29N7O2. The molecule has 5 heterocycles. The molecule has 36 heavy (non-hydrogen) atoms. The number of morpholine rings is 1. The maximum atomic E-state index is 12.6. The fraction of sp³-hybridized carbons (Fsp3) is 0.333. The van der Waals surface area contributed by atoms with Gasteiger partial charge in [0, 0.05) is 62.4 Å². The maximum Gasteiger partial charge on any atom is 0.230 e. The molecule has 3 aliphatic heterocycles. The number of fused-ring (bicyclic) bond motifs is 1. The van der Waals surface area contributed by atoms with E-state index in [9.17, 15) is 4.79 Å². The van der Waals surface area contributed by atoms with E-state index in [0.717, 1.165) is 72.4 Å². The first-order chi connectivity index (χ1) is 17.6. The Morgan fingerprint density at radius 3 is 2.58 bits per heavy atom. The molecule has 2 fully saturated rings. The predicted octanol–water partition coefficient (Wildman–Crippen LogP) is 2.32. The number of nitrogens with two attached hydrogens (primary N) is 1. The van der Waals surface area contributed by atoms with Gasteiger partial charge in [-0.1, -0.05) is 12.1 Å². The first-order valence-corrected chi connectivity index (χ1v) is 12.4. The molecule has 0 saturated carbocycles. The summed E-state index contributed by atoms with van der Waals surface area (Å²) in [7, 11) is 0. The van der Waals surface area contributed by atoms with Crippen molar-refractivity contribution in [3.63, 3.8) is 0 Å². The minimum atomic E-state index is -0.0976. The third-order valence-corrected chi connectivity index (χ3v) is 6.82. The summed E-state index contributed by atoms with van der Waals surface area (Å²) < 4.78 is 5.48. The van der Waals surface area contributed by atoms with Crippen molar-refractivity contribution < 1.29 is 9.53 Å². The van der Waals surface area contributed by atoms with Crippen LogP contribution in [-0.2, 0) is 22.4 Å². The molecule has 184 valence electrons. The Bertz CT molecular complexity index is 1300. The Kier molecular flexibility index (Phi) is 6.08. The van der Waals surface area contributed by atoms with Crippen molar-refractivity contribution in [2.45, 2.75) is 18.9 Å². The van der Waals surface area contributed by atoms with Gasteiger partial charge in [0.05, 0.1) is 31.0 Å². The normalized spacial score (nSPS) is 17.4. The lowest BCUT2D eigenvalue weighted by Crippen LogP contribution is -2.55. The van der Waals surface area contributed by atoms with E-state index in [2.05, 4.69) is 25.1 Å². The molecule has 0 bridgehead atoms. The molecule has 0 unspecified atom stereocenters. The number of nitrogens with zero attached hydrogens (tertiary/aromatic N) is 5. The van der Waals surface area contributed by atoms with Crippen molar-refractivity contribution in [1.29, 1.82) is 0 Å². The fourth-order valence-corrected chi connectivity index (χ4v) is 4.87. The van der Waals surface area contributed by atoms with Crippen molar-refractivity contribution in [1.82, 2.24) is 9.97 Å². The predicted molar refractivity (Wildman–Crippen MR) is 140 cm³/mol. The van der Waals surface area contributed by atoms with Crippen LogP contribution in [0.2, 0.25) is 0 Å². The van der Waals surface area contributed by atoms with Gasteiger partial charge in [-0.3, -0.25) is 9.78 Å². The number of pyridine rings is 2. The third kappa shape index (κ3) is 4.67. The van der Waals surface area contributed by atoms with Crippen LogP contribution in [0.25, 0.3) is 0 Å². The third-order valence-electron chi connectivity index (χ3n) is 6.82. The first kappa shape index (κ1) is 22.6. The van der Waals surface area contributed by atoms with Crippen molar-refractivity contribution in [2.24, 2.45) is 10.7 Å². The zero-order valence-corrected chi connectivity index (χ0v) is 20.1. The van der Waals surface area contributed by atoms with Crippen LogP contribution < -0.4 is 20.9 Å². The molecule has 6 rings (SSSR count). The van der Waals surface area contributed by atoms with Gasteiger partial charge in [0.15, 0.2) is 5.82 Å². The van der Waals surface area contributed by atoms with Gasteiger partial charge in [-0.05, 0) is 41.5 Å². The smallest absolute Gasteiger partial charge is 0.230 e. The number of hydrogen-bond acceptors (Lipinski definition) is 8. The van der Waals surface area contributed by atoms with Crippen LogP contribution in [-0.4, -0.2) is 67.0 Å². The highest BCUT2D eigenvalue weighted by Crippen LogP contribution is 2.36. The highest BCUT2D eigenvalue weighted by atomic mass is 16.5. The zero-order chi connectivity index (χ0) is 24.5. The van der Waals surface area contributed by atoms with Crippen LogP contribution in [0.1, 0.15) is 16.8 Å². The van der Waals surface area contributed by atoms with E-state index in [1.165, 1.54) is 5.56 Å². The number of benzene rings is 1. The molecule has 0 aliphatic carbocycles. The summed E-state index contributed by atoms with van der Waals surface area (Å²) >= 11 is 0. The van der Waals surface area contributed by atoms with Crippen LogP contribution >= 0.6 is 0 Å². The van der Waals surface area contributed by atoms with Gasteiger partial charge in [-0.15, -0.1) is 0 Å². The second kappa shape index (κ2) is 9.67. The van der Waals surface area contributed by atoms with E-state index in [1.807, 2.05) is 48.7 Å². The Labute approximate surface area is 210 Å². The van der Waals surface area contributed by atoms with E-state index < -0.39 is 0 Å². The van der Waals surface area contributed by atoms with E-state index in [4.69, 9.17) is 15.5 Å². The van der Waals surface area contributed by atoms with Crippen molar-refractivity contribution >= 4 is 34.5 Å². The van der Waals surface area contributed by atoms with Crippen LogP contribution in [0.4, 0.5) is 22.9 Å². The molecule has 1 aromatic carbocycles. The SMILES string of the molecule is NC1CN(c2ccnc(CC(=O)Nc3ccc(C4=Nc5c(ccnc5N5CCOCC5)C4)cc3)c2)C1. The van der Waals surface area contributed by atoms with E-state index >= 15 is 0 Å². The first-order valence-electron chi connectivity index (χ1n) is 12.4. The number of anilines is 3. The highest BCUT2D eigenvalue weighted by Gasteiger charge is 2.25. The number of ether oxygens (including phenoxy) is 1. The number of aromatic nitrogens is 2. The zero-order valence-electron chi connectivity index (χ0n) is 20.1. The number of nitrogens with one attached hydrogen (secondary N) is 1. The Morgan fingerprint density at radius 1 is 1.03 bits per heavy atom. The van der Waals surface area contributed by atoms with Crippen LogP contribution in [0, 0.1) is 0 Å². The topological polar surface area (TPSA) is 109 Å². The molecule has 3 N–H and O–H groups in total. The Balaban J connectivity index is 1.10. The number of aliphatic imine (C=N–C) groups is 1. The average Bonchev–Trinajstić information content (AvgIpc) is 3.32. The van der Waals surface area contributed by atoms with Crippen LogP contribution in [0.5, 0.6) is 0 Å². The Hall–Kier alpha value is -3.82. The minimum Gasteiger partial charge on any atom is -0.378 e. The standard InChI is InChI=1S/C27H29N7O2/c28-20-16-34(17-20)23-6-8-29-22(14-23)15-25(35)31-21-3-1-18(2-4-21)24-13-19-5-7-30-27(26(19)32-24)33-9-11-36-12-10-33/h1-8,14,20H,9-13,15-17,28H2,(H,31,35). The summed E-state index contributed by atoms with van der Waals surface area (Å²) in [6.07, 6.45) is 4.60. The van der Waals surface area contributed by atoms with E-state index in [-0.39, 0.29) is 18.4 Å². The molecule has 0 radical (unpaired) electrons. The summed E-state index contributed by atoms with van der Waals surface area (Å²) in [4.78, 5) is 31.0. The number of carbonyl (C=O) groups is 1. The number of carbonyl (C=O) groups excluding carboxylic acids is 1. The van der Waals surface area contributed by atoms with Crippen molar-refractivity contribution in [2.75, 3.05) is 54.5 Å². The fourth-order valence-electron chi connectivity index (χ4n) is 4.87. The number of hydrogen-bond donors (Lipinski definition) is 2. The van der Waals surface area contributed by atoms with Crippen LogP contribution in [0.15, 0.2) is 59.9 Å². The molecule has 0 spiro atoms. The lowest BCUT2D eigenvalue weighted by molar-refractivity contribution is -0.115. The van der Waals surface area contributed by atoms with E-state index in [1.54, 1.807) is 6.20 Å². The largest absolute Gasteiger partial charge is 0.378 e. The second-order valence-electron chi connectivity index (χ2n) is 9.45. The molecule has 0 atom stereocenters. The lowest BCUT2D eigenvalue weighted by atomic mass is 10.0. The highest BCUT2D eigenvalue weighted by molar-refractivity contribution is 6.08. The summed E-state index contributed by atoms with van der Waals surface area (Å²) in [6.45, 7) is 4.75. The molecule has 3 aliphatic rings. The second-order valence-corrected chi connectivity index (χ2v) is 9.45.